The molecule has 1 heterocycles. The Hall–Kier alpha value is -1.75. The van der Waals surface area contributed by atoms with Crippen molar-refractivity contribution in [3.8, 4) is 0 Å². The van der Waals surface area contributed by atoms with Crippen LogP contribution in [0.4, 0.5) is 0 Å². The third-order valence-electron chi connectivity index (χ3n) is 3.82. The number of amides is 2. The molecule has 0 radical (unpaired) electrons. The highest BCUT2D eigenvalue weighted by atomic mass is 32.1. The number of hydrogen-bond acceptors (Lipinski definition) is 3. The first-order chi connectivity index (χ1) is 9.55. The molecule has 1 saturated heterocycles. The summed E-state index contributed by atoms with van der Waals surface area (Å²) in [6.45, 7) is 4.18. The van der Waals surface area contributed by atoms with Gasteiger partial charge in [-0.1, -0.05) is 37.3 Å². The van der Waals surface area contributed by atoms with Gasteiger partial charge in [0.1, 0.15) is 5.41 Å². The fraction of sp³-hybridized carbons (Fsp3) is 0.400. The highest BCUT2D eigenvalue weighted by Gasteiger charge is 2.50. The maximum Gasteiger partial charge on any atom is 0.244 e. The van der Waals surface area contributed by atoms with Crippen LogP contribution in [0.2, 0.25) is 0 Å². The van der Waals surface area contributed by atoms with Crippen molar-refractivity contribution in [1.82, 2.24) is 10.2 Å². The quantitative estimate of drug-likeness (QED) is 0.680. The second-order valence-corrected chi connectivity index (χ2v) is 5.29. The SMILES string of the molecule is CCN1C(=O)[C@@](CC)(Cc2ccccc2)C(=O)NC1=S. The van der Waals surface area contributed by atoms with E-state index in [0.29, 0.717) is 19.4 Å². The van der Waals surface area contributed by atoms with Crippen LogP contribution in [0.15, 0.2) is 30.3 Å². The van der Waals surface area contributed by atoms with Gasteiger partial charge in [-0.25, -0.2) is 0 Å². The summed E-state index contributed by atoms with van der Waals surface area (Å²) in [5.41, 5.74) is -0.0821. The molecule has 1 N–H and O–H groups in total. The Bertz CT molecular complexity index is 544. The normalized spacial score (nSPS) is 22.9. The second kappa shape index (κ2) is 5.71. The van der Waals surface area contributed by atoms with Crippen LogP contribution in [0.3, 0.4) is 0 Å². The van der Waals surface area contributed by atoms with E-state index in [1.165, 1.54) is 4.90 Å². The van der Waals surface area contributed by atoms with Crippen LogP contribution >= 0.6 is 12.2 Å². The number of carbonyl (C=O) groups excluding carboxylic acids is 2. The van der Waals surface area contributed by atoms with Gasteiger partial charge >= 0.3 is 0 Å². The van der Waals surface area contributed by atoms with Crippen molar-refractivity contribution in [2.45, 2.75) is 26.7 Å². The molecule has 0 spiro atoms. The summed E-state index contributed by atoms with van der Waals surface area (Å²) in [4.78, 5) is 26.6. The minimum atomic E-state index is -1.06. The molecule has 20 heavy (non-hydrogen) atoms. The molecule has 1 aliphatic heterocycles. The zero-order chi connectivity index (χ0) is 14.8. The van der Waals surface area contributed by atoms with Crippen molar-refractivity contribution >= 4 is 29.1 Å². The Morgan fingerprint density at radius 3 is 2.40 bits per heavy atom. The molecule has 106 valence electrons. The summed E-state index contributed by atoms with van der Waals surface area (Å²) in [5, 5.41) is 2.88. The molecular formula is C15H18N2O2S. The number of nitrogens with one attached hydrogen (secondary N) is 1. The standard InChI is InChI=1S/C15H18N2O2S/c1-3-15(10-11-8-6-5-7-9-11)12(18)16-14(20)17(4-2)13(15)19/h5-9H,3-4,10H2,1-2H3,(H,16,18,20)/t15-/m0/s1. The molecule has 2 rings (SSSR count). The summed E-state index contributed by atoms with van der Waals surface area (Å²) in [5.74, 6) is -0.483. The lowest BCUT2D eigenvalue weighted by atomic mass is 9.76. The molecule has 1 aliphatic rings. The van der Waals surface area contributed by atoms with E-state index >= 15 is 0 Å². The van der Waals surface area contributed by atoms with Crippen molar-refractivity contribution in [1.29, 1.82) is 0 Å². The van der Waals surface area contributed by atoms with E-state index in [2.05, 4.69) is 5.32 Å². The van der Waals surface area contributed by atoms with Crippen molar-refractivity contribution in [3.63, 3.8) is 0 Å². The molecule has 0 unspecified atom stereocenters. The highest BCUT2D eigenvalue weighted by molar-refractivity contribution is 7.80. The zero-order valence-corrected chi connectivity index (χ0v) is 12.5. The Balaban J connectivity index is 2.39. The molecular weight excluding hydrogens is 272 g/mol. The van der Waals surface area contributed by atoms with Crippen molar-refractivity contribution in [3.05, 3.63) is 35.9 Å². The van der Waals surface area contributed by atoms with E-state index in [9.17, 15) is 9.59 Å². The van der Waals surface area contributed by atoms with E-state index in [1.54, 1.807) is 0 Å². The molecule has 0 aromatic heterocycles. The van der Waals surface area contributed by atoms with Gasteiger partial charge < -0.3 is 5.32 Å². The summed E-state index contributed by atoms with van der Waals surface area (Å²) in [7, 11) is 0. The molecule has 1 aromatic rings. The molecule has 1 atom stereocenters. The predicted molar refractivity (Wildman–Crippen MR) is 81.0 cm³/mol. The van der Waals surface area contributed by atoms with Crippen LogP contribution < -0.4 is 5.32 Å². The molecule has 0 bridgehead atoms. The number of hydrogen-bond donors (Lipinski definition) is 1. The topological polar surface area (TPSA) is 49.4 Å². The smallest absolute Gasteiger partial charge is 0.244 e. The average Bonchev–Trinajstić information content (AvgIpc) is 2.45. The largest absolute Gasteiger partial charge is 0.302 e. The van der Waals surface area contributed by atoms with E-state index in [-0.39, 0.29) is 16.9 Å². The van der Waals surface area contributed by atoms with Gasteiger partial charge in [0.25, 0.3) is 0 Å². The Labute approximate surface area is 124 Å². The van der Waals surface area contributed by atoms with E-state index in [0.717, 1.165) is 5.56 Å². The Kier molecular flexibility index (Phi) is 4.18. The second-order valence-electron chi connectivity index (χ2n) is 4.91. The van der Waals surface area contributed by atoms with Gasteiger partial charge in [-0.05, 0) is 37.5 Å². The summed E-state index contributed by atoms with van der Waals surface area (Å²) in [6.07, 6.45) is 0.847. The van der Waals surface area contributed by atoms with Gasteiger partial charge in [-0.15, -0.1) is 0 Å². The van der Waals surface area contributed by atoms with Crippen LogP contribution in [0.1, 0.15) is 25.8 Å². The third-order valence-corrected chi connectivity index (χ3v) is 4.15. The summed E-state index contributed by atoms with van der Waals surface area (Å²) >= 11 is 5.07. The van der Waals surface area contributed by atoms with E-state index in [1.807, 2.05) is 44.2 Å². The predicted octanol–water partition coefficient (Wildman–Crippen LogP) is 1.89. The fourth-order valence-electron chi connectivity index (χ4n) is 2.56. The van der Waals surface area contributed by atoms with Crippen LogP contribution in [-0.4, -0.2) is 28.4 Å². The number of rotatable bonds is 4. The van der Waals surface area contributed by atoms with Gasteiger partial charge in [0.15, 0.2) is 5.11 Å². The molecule has 1 aromatic carbocycles. The molecule has 0 aliphatic carbocycles. The van der Waals surface area contributed by atoms with Crippen molar-refractivity contribution < 1.29 is 9.59 Å². The minimum absolute atomic E-state index is 0.194. The number of thiocarbonyl (C=S) groups is 1. The van der Waals surface area contributed by atoms with E-state index in [4.69, 9.17) is 12.2 Å². The van der Waals surface area contributed by atoms with Gasteiger partial charge in [0.2, 0.25) is 11.8 Å². The van der Waals surface area contributed by atoms with Crippen LogP contribution in [0, 0.1) is 5.41 Å². The van der Waals surface area contributed by atoms with Gasteiger partial charge in [0.05, 0.1) is 0 Å². The summed E-state index contributed by atoms with van der Waals surface area (Å²) in [6, 6.07) is 9.60. The zero-order valence-electron chi connectivity index (χ0n) is 11.7. The fourth-order valence-corrected chi connectivity index (χ4v) is 2.86. The average molecular weight is 290 g/mol. The maximum atomic E-state index is 12.7. The maximum absolute atomic E-state index is 12.7. The first-order valence-electron chi connectivity index (χ1n) is 6.76. The van der Waals surface area contributed by atoms with Crippen molar-refractivity contribution in [2.24, 2.45) is 5.41 Å². The van der Waals surface area contributed by atoms with Gasteiger partial charge in [-0.2, -0.15) is 0 Å². The first kappa shape index (κ1) is 14.7. The Morgan fingerprint density at radius 1 is 1.20 bits per heavy atom. The monoisotopic (exact) mass is 290 g/mol. The van der Waals surface area contributed by atoms with Crippen LogP contribution in [0.25, 0.3) is 0 Å². The number of nitrogens with zero attached hydrogens (tertiary/aromatic N) is 1. The minimum Gasteiger partial charge on any atom is -0.302 e. The highest BCUT2D eigenvalue weighted by Crippen LogP contribution is 2.32. The lowest BCUT2D eigenvalue weighted by Crippen LogP contribution is -2.64. The van der Waals surface area contributed by atoms with Gasteiger partial charge in [-0.3, -0.25) is 14.5 Å². The Morgan fingerprint density at radius 2 is 1.85 bits per heavy atom. The lowest BCUT2D eigenvalue weighted by Gasteiger charge is -2.40. The molecule has 1 fully saturated rings. The molecule has 5 heteroatoms. The van der Waals surface area contributed by atoms with E-state index < -0.39 is 5.41 Å². The lowest BCUT2D eigenvalue weighted by molar-refractivity contribution is -0.150. The molecule has 4 nitrogen and oxygen atoms in total. The number of benzene rings is 1. The van der Waals surface area contributed by atoms with Crippen LogP contribution in [0.5, 0.6) is 0 Å². The molecule has 0 saturated carbocycles. The van der Waals surface area contributed by atoms with Crippen LogP contribution in [-0.2, 0) is 16.0 Å². The summed E-state index contributed by atoms with van der Waals surface area (Å²) < 4.78 is 0. The molecule has 2 amide bonds. The third kappa shape index (κ3) is 2.33. The van der Waals surface area contributed by atoms with Gasteiger partial charge in [0, 0.05) is 6.54 Å². The van der Waals surface area contributed by atoms with Crippen molar-refractivity contribution in [2.75, 3.05) is 6.54 Å². The first-order valence-corrected chi connectivity index (χ1v) is 7.17. The number of carbonyl (C=O) groups is 2.